The molecule has 0 heterocycles. The second-order valence-corrected chi connectivity index (χ2v) is 6.37. The quantitative estimate of drug-likeness (QED) is 0.895. The molecule has 1 aliphatic carbocycles. The van der Waals surface area contributed by atoms with Crippen molar-refractivity contribution in [2.75, 3.05) is 7.11 Å². The maximum Gasteiger partial charge on any atom is 0.118 e. The third-order valence-corrected chi connectivity index (χ3v) is 4.84. The van der Waals surface area contributed by atoms with E-state index in [2.05, 4.69) is 26.0 Å². The molecule has 2 rings (SSSR count). The maximum atomic E-state index is 6.67. The number of hydrogen-bond donors (Lipinski definition) is 1. The first kappa shape index (κ1) is 14.4. The summed E-state index contributed by atoms with van der Waals surface area (Å²) in [4.78, 5) is 0. The molecule has 0 amide bonds. The van der Waals surface area contributed by atoms with E-state index in [-0.39, 0.29) is 5.54 Å². The Morgan fingerprint density at radius 3 is 2.53 bits per heavy atom. The van der Waals surface area contributed by atoms with E-state index in [4.69, 9.17) is 10.5 Å². The van der Waals surface area contributed by atoms with E-state index < -0.39 is 0 Å². The van der Waals surface area contributed by atoms with Crippen molar-refractivity contribution in [3.05, 3.63) is 29.8 Å². The van der Waals surface area contributed by atoms with E-state index in [1.54, 1.807) is 7.11 Å². The van der Waals surface area contributed by atoms with Crippen molar-refractivity contribution in [2.24, 2.45) is 17.6 Å². The summed E-state index contributed by atoms with van der Waals surface area (Å²) in [6.45, 7) is 4.65. The predicted octanol–water partition coefficient (Wildman–Crippen LogP) is 3.78. The van der Waals surface area contributed by atoms with Gasteiger partial charge in [-0.2, -0.15) is 0 Å². The number of benzene rings is 1. The van der Waals surface area contributed by atoms with E-state index in [1.807, 2.05) is 12.1 Å². The van der Waals surface area contributed by atoms with Crippen molar-refractivity contribution >= 4 is 0 Å². The van der Waals surface area contributed by atoms with Gasteiger partial charge in [0.2, 0.25) is 0 Å². The Balaban J connectivity index is 1.96. The molecule has 106 valence electrons. The van der Waals surface area contributed by atoms with Crippen LogP contribution >= 0.6 is 0 Å². The first-order chi connectivity index (χ1) is 9.03. The Hall–Kier alpha value is -1.02. The zero-order valence-corrected chi connectivity index (χ0v) is 12.5. The number of methoxy groups -OCH3 is 1. The third kappa shape index (κ3) is 3.50. The van der Waals surface area contributed by atoms with Crippen molar-refractivity contribution < 1.29 is 4.74 Å². The van der Waals surface area contributed by atoms with Crippen molar-refractivity contribution in [2.45, 2.75) is 51.5 Å². The van der Waals surface area contributed by atoms with Gasteiger partial charge in [0.25, 0.3) is 0 Å². The highest BCUT2D eigenvalue weighted by Crippen LogP contribution is 2.37. The van der Waals surface area contributed by atoms with Crippen molar-refractivity contribution in [3.63, 3.8) is 0 Å². The molecule has 0 aromatic heterocycles. The molecule has 19 heavy (non-hydrogen) atoms. The van der Waals surface area contributed by atoms with Gasteiger partial charge in [-0.1, -0.05) is 32.4 Å². The van der Waals surface area contributed by atoms with E-state index in [1.165, 1.54) is 24.8 Å². The van der Waals surface area contributed by atoms with E-state index in [0.29, 0.717) is 5.92 Å². The van der Waals surface area contributed by atoms with Crippen LogP contribution in [0.25, 0.3) is 0 Å². The van der Waals surface area contributed by atoms with Gasteiger partial charge in [0.15, 0.2) is 0 Å². The minimum Gasteiger partial charge on any atom is -0.497 e. The Labute approximate surface area is 117 Å². The van der Waals surface area contributed by atoms with Crippen LogP contribution in [0.1, 0.15) is 45.1 Å². The van der Waals surface area contributed by atoms with Crippen LogP contribution in [0, 0.1) is 11.8 Å². The van der Waals surface area contributed by atoms with Crippen LogP contribution in [0.5, 0.6) is 5.75 Å². The molecule has 0 spiro atoms. The lowest BCUT2D eigenvalue weighted by molar-refractivity contribution is 0.151. The summed E-state index contributed by atoms with van der Waals surface area (Å²) in [5.41, 5.74) is 8.06. The lowest BCUT2D eigenvalue weighted by Crippen LogP contribution is -2.50. The predicted molar refractivity (Wildman–Crippen MR) is 80.4 cm³/mol. The molecule has 3 unspecified atom stereocenters. The van der Waals surface area contributed by atoms with Gasteiger partial charge in [-0.15, -0.1) is 0 Å². The normalized spacial score (nSPS) is 31.2. The molecule has 0 radical (unpaired) electrons. The number of rotatable bonds is 4. The smallest absolute Gasteiger partial charge is 0.118 e. The summed E-state index contributed by atoms with van der Waals surface area (Å²) in [6.07, 6.45) is 5.94. The van der Waals surface area contributed by atoms with Gasteiger partial charge in [0.05, 0.1) is 7.11 Å². The molecule has 1 fully saturated rings. The zero-order valence-electron chi connectivity index (χ0n) is 12.5. The van der Waals surface area contributed by atoms with Gasteiger partial charge in [-0.3, -0.25) is 0 Å². The highest BCUT2D eigenvalue weighted by molar-refractivity contribution is 5.27. The van der Waals surface area contributed by atoms with Gasteiger partial charge in [0.1, 0.15) is 5.75 Å². The number of ether oxygens (including phenoxy) is 1. The lowest BCUT2D eigenvalue weighted by Gasteiger charge is -2.42. The summed E-state index contributed by atoms with van der Waals surface area (Å²) in [5.74, 6) is 2.34. The molecule has 0 aliphatic heterocycles. The summed E-state index contributed by atoms with van der Waals surface area (Å²) in [7, 11) is 1.70. The zero-order chi connectivity index (χ0) is 13.9. The van der Waals surface area contributed by atoms with E-state index >= 15 is 0 Å². The van der Waals surface area contributed by atoms with Crippen LogP contribution in [-0.2, 0) is 6.42 Å². The molecule has 2 N–H and O–H groups in total. The van der Waals surface area contributed by atoms with Gasteiger partial charge < -0.3 is 10.5 Å². The molecule has 0 bridgehead atoms. The van der Waals surface area contributed by atoms with Gasteiger partial charge in [-0.05, 0) is 55.2 Å². The summed E-state index contributed by atoms with van der Waals surface area (Å²) in [6, 6.07) is 8.37. The number of aryl methyl sites for hydroxylation is 1. The number of hydrogen-bond acceptors (Lipinski definition) is 2. The molecule has 1 saturated carbocycles. The van der Waals surface area contributed by atoms with Crippen LogP contribution in [-0.4, -0.2) is 12.6 Å². The Morgan fingerprint density at radius 2 is 1.89 bits per heavy atom. The third-order valence-electron chi connectivity index (χ3n) is 4.84. The highest BCUT2D eigenvalue weighted by Gasteiger charge is 2.36. The first-order valence-corrected chi connectivity index (χ1v) is 7.45. The largest absolute Gasteiger partial charge is 0.497 e. The highest BCUT2D eigenvalue weighted by atomic mass is 16.5. The second-order valence-electron chi connectivity index (χ2n) is 6.37. The van der Waals surface area contributed by atoms with Crippen LogP contribution in [0.2, 0.25) is 0 Å². The summed E-state index contributed by atoms with van der Waals surface area (Å²) < 4.78 is 5.19. The minimum absolute atomic E-state index is 0.0254. The average Bonchev–Trinajstić information content (AvgIpc) is 2.42. The minimum atomic E-state index is 0.0254. The SMILES string of the molecule is COc1ccc(CCC2(N)CC(C)CCC2C)cc1. The van der Waals surface area contributed by atoms with Crippen molar-refractivity contribution in [1.82, 2.24) is 0 Å². The first-order valence-electron chi connectivity index (χ1n) is 7.45. The molecule has 2 heteroatoms. The van der Waals surface area contributed by atoms with Crippen LogP contribution in [0.4, 0.5) is 0 Å². The Kier molecular flexibility index (Phi) is 4.51. The van der Waals surface area contributed by atoms with Gasteiger partial charge in [-0.25, -0.2) is 0 Å². The van der Waals surface area contributed by atoms with E-state index in [0.717, 1.165) is 24.5 Å². The number of nitrogens with two attached hydrogens (primary N) is 1. The molecule has 2 nitrogen and oxygen atoms in total. The standard InChI is InChI=1S/C17H27NO/c1-13-4-5-14(2)17(18,12-13)11-10-15-6-8-16(19-3)9-7-15/h6-9,13-14H,4-5,10-12,18H2,1-3H3. The fourth-order valence-corrected chi connectivity index (χ4v) is 3.29. The topological polar surface area (TPSA) is 35.2 Å². The van der Waals surface area contributed by atoms with E-state index in [9.17, 15) is 0 Å². The van der Waals surface area contributed by atoms with Crippen LogP contribution in [0.3, 0.4) is 0 Å². The molecular weight excluding hydrogens is 234 g/mol. The molecule has 1 aromatic carbocycles. The monoisotopic (exact) mass is 261 g/mol. The molecular formula is C17H27NO. The van der Waals surface area contributed by atoms with Crippen LogP contribution in [0.15, 0.2) is 24.3 Å². The summed E-state index contributed by atoms with van der Waals surface area (Å²) >= 11 is 0. The van der Waals surface area contributed by atoms with Gasteiger partial charge >= 0.3 is 0 Å². The average molecular weight is 261 g/mol. The summed E-state index contributed by atoms with van der Waals surface area (Å²) in [5, 5.41) is 0. The molecule has 1 aromatic rings. The fraction of sp³-hybridized carbons (Fsp3) is 0.647. The maximum absolute atomic E-state index is 6.67. The van der Waals surface area contributed by atoms with Crippen LogP contribution < -0.4 is 10.5 Å². The van der Waals surface area contributed by atoms with Crippen molar-refractivity contribution in [3.8, 4) is 5.75 Å². The Bertz CT molecular complexity index is 400. The fourth-order valence-electron chi connectivity index (χ4n) is 3.29. The Morgan fingerprint density at radius 1 is 1.21 bits per heavy atom. The van der Waals surface area contributed by atoms with Gasteiger partial charge in [0, 0.05) is 5.54 Å². The van der Waals surface area contributed by atoms with Crippen molar-refractivity contribution in [1.29, 1.82) is 0 Å². The molecule has 0 saturated heterocycles. The molecule has 3 atom stereocenters. The second kappa shape index (κ2) is 5.96. The lowest BCUT2D eigenvalue weighted by atomic mass is 9.68. The molecule has 1 aliphatic rings.